The van der Waals surface area contributed by atoms with Crippen LogP contribution in [0, 0.1) is 12.8 Å². The van der Waals surface area contributed by atoms with Gasteiger partial charge in [-0.3, -0.25) is 4.79 Å². The number of halogens is 1. The first-order valence-electron chi connectivity index (χ1n) is 9.28. The van der Waals surface area contributed by atoms with E-state index in [0.717, 1.165) is 18.4 Å². The Hall–Kier alpha value is -2.63. The maximum absolute atomic E-state index is 13.0. The van der Waals surface area contributed by atoms with Crippen LogP contribution in [0.25, 0.3) is 11.3 Å². The van der Waals surface area contributed by atoms with Crippen molar-refractivity contribution in [3.05, 3.63) is 76.5 Å². The lowest BCUT2D eigenvalue weighted by Crippen LogP contribution is -2.42. The molecule has 2 aromatic carbocycles. The number of hydrogen-bond donors (Lipinski definition) is 2. The normalized spacial score (nSPS) is 15.8. The molecule has 2 N–H and O–H groups in total. The minimum Gasteiger partial charge on any atom is -0.383 e. The monoisotopic (exact) mass is 396 g/mol. The quantitative estimate of drug-likeness (QED) is 0.650. The lowest BCUT2D eigenvalue weighted by Gasteiger charge is -2.29. The average Bonchev–Trinajstić information content (AvgIpc) is 3.50. The second kappa shape index (κ2) is 7.41. The maximum Gasteiger partial charge on any atom is 0.257 e. The van der Waals surface area contributed by atoms with E-state index in [9.17, 15) is 9.90 Å². The van der Waals surface area contributed by atoms with E-state index in [1.807, 2.05) is 42.5 Å². The van der Waals surface area contributed by atoms with Gasteiger partial charge in [-0.2, -0.15) is 0 Å². The number of rotatable bonds is 6. The van der Waals surface area contributed by atoms with Crippen LogP contribution in [0.2, 0.25) is 5.02 Å². The Morgan fingerprint density at radius 2 is 1.89 bits per heavy atom. The number of amides is 1. The van der Waals surface area contributed by atoms with Crippen molar-refractivity contribution >= 4 is 17.5 Å². The van der Waals surface area contributed by atoms with Crippen LogP contribution in [0.5, 0.6) is 0 Å². The number of hydrogen-bond acceptors (Lipinski definition) is 4. The van der Waals surface area contributed by atoms with Crippen molar-refractivity contribution in [2.45, 2.75) is 25.4 Å². The van der Waals surface area contributed by atoms with E-state index < -0.39 is 5.60 Å². The number of nitrogens with zero attached hydrogens (tertiary/aromatic N) is 1. The Morgan fingerprint density at radius 1 is 1.21 bits per heavy atom. The van der Waals surface area contributed by atoms with Crippen LogP contribution < -0.4 is 5.32 Å². The Labute approximate surface area is 168 Å². The van der Waals surface area contributed by atoms with Gasteiger partial charge in [0.1, 0.15) is 22.6 Å². The number of nitrogens with one attached hydrogen (secondary N) is 1. The molecule has 0 bridgehead atoms. The third-order valence-corrected chi connectivity index (χ3v) is 5.59. The van der Waals surface area contributed by atoms with Crippen molar-refractivity contribution < 1.29 is 14.4 Å². The third-order valence-electron chi connectivity index (χ3n) is 5.26. The van der Waals surface area contributed by atoms with Gasteiger partial charge in [0.05, 0.1) is 11.6 Å². The van der Waals surface area contributed by atoms with Crippen LogP contribution in [-0.2, 0) is 5.60 Å². The second-order valence-corrected chi connectivity index (χ2v) is 7.60. The van der Waals surface area contributed by atoms with E-state index in [0.29, 0.717) is 27.6 Å². The fraction of sp³-hybridized carbons (Fsp3) is 0.273. The highest BCUT2D eigenvalue weighted by Crippen LogP contribution is 2.45. The van der Waals surface area contributed by atoms with Gasteiger partial charge in [0.15, 0.2) is 0 Å². The fourth-order valence-corrected chi connectivity index (χ4v) is 3.78. The van der Waals surface area contributed by atoms with E-state index in [-0.39, 0.29) is 18.4 Å². The summed E-state index contributed by atoms with van der Waals surface area (Å²) in [6.45, 7) is 1.81. The molecule has 1 aromatic heterocycles. The summed E-state index contributed by atoms with van der Waals surface area (Å²) >= 11 is 6.27. The molecule has 0 unspecified atom stereocenters. The van der Waals surface area contributed by atoms with Crippen molar-refractivity contribution in [2.75, 3.05) is 6.54 Å². The van der Waals surface area contributed by atoms with E-state index in [2.05, 4.69) is 10.5 Å². The van der Waals surface area contributed by atoms with Crippen molar-refractivity contribution in [1.29, 1.82) is 0 Å². The molecular formula is C22H21ClN2O3. The minimum atomic E-state index is -1.09. The van der Waals surface area contributed by atoms with Gasteiger partial charge >= 0.3 is 0 Å². The molecule has 1 saturated carbocycles. The maximum atomic E-state index is 13.0. The van der Waals surface area contributed by atoms with Gasteiger partial charge in [-0.25, -0.2) is 0 Å². The van der Waals surface area contributed by atoms with Gasteiger partial charge in [-0.05, 0) is 37.3 Å². The van der Waals surface area contributed by atoms with Crippen molar-refractivity contribution in [3.63, 3.8) is 0 Å². The molecule has 5 nitrogen and oxygen atoms in total. The highest BCUT2D eigenvalue weighted by Gasteiger charge is 2.45. The van der Waals surface area contributed by atoms with Crippen LogP contribution >= 0.6 is 11.6 Å². The van der Waals surface area contributed by atoms with E-state index in [1.165, 1.54) is 0 Å². The average molecular weight is 397 g/mol. The summed E-state index contributed by atoms with van der Waals surface area (Å²) in [5.74, 6) is 0.201. The molecule has 1 aliphatic rings. The molecular weight excluding hydrogens is 376 g/mol. The number of aryl methyl sites for hydroxylation is 1. The molecule has 1 amide bonds. The molecule has 0 spiro atoms. The van der Waals surface area contributed by atoms with Gasteiger partial charge < -0.3 is 14.9 Å². The first kappa shape index (κ1) is 18.7. The first-order valence-corrected chi connectivity index (χ1v) is 9.66. The molecule has 1 heterocycles. The summed E-state index contributed by atoms with van der Waals surface area (Å²) in [7, 11) is 0. The van der Waals surface area contributed by atoms with Crippen LogP contribution in [0.1, 0.15) is 34.5 Å². The van der Waals surface area contributed by atoms with E-state index in [4.69, 9.17) is 16.1 Å². The van der Waals surface area contributed by atoms with E-state index >= 15 is 0 Å². The summed E-state index contributed by atoms with van der Waals surface area (Å²) in [6.07, 6.45) is 1.89. The van der Waals surface area contributed by atoms with Gasteiger partial charge in [-0.1, -0.05) is 65.3 Å². The van der Waals surface area contributed by atoms with Gasteiger partial charge in [0.2, 0.25) is 0 Å². The Morgan fingerprint density at radius 3 is 2.57 bits per heavy atom. The largest absolute Gasteiger partial charge is 0.383 e. The molecule has 144 valence electrons. The fourth-order valence-electron chi connectivity index (χ4n) is 3.55. The summed E-state index contributed by atoms with van der Waals surface area (Å²) < 4.78 is 5.27. The van der Waals surface area contributed by atoms with E-state index in [1.54, 1.807) is 19.1 Å². The summed E-state index contributed by atoms with van der Waals surface area (Å²) in [6, 6.07) is 16.7. The first-order chi connectivity index (χ1) is 13.5. The Balaban J connectivity index is 1.60. The molecule has 1 fully saturated rings. The van der Waals surface area contributed by atoms with Crippen LogP contribution in [0.4, 0.5) is 0 Å². The predicted molar refractivity (Wildman–Crippen MR) is 107 cm³/mol. The topological polar surface area (TPSA) is 75.4 Å². The molecule has 0 radical (unpaired) electrons. The molecule has 1 aliphatic carbocycles. The zero-order valence-electron chi connectivity index (χ0n) is 15.5. The number of aliphatic hydroxyl groups is 1. The number of aromatic nitrogens is 1. The highest BCUT2D eigenvalue weighted by molar-refractivity contribution is 6.33. The molecule has 1 atom stereocenters. The Kier molecular flexibility index (Phi) is 4.96. The summed E-state index contributed by atoms with van der Waals surface area (Å²) in [4.78, 5) is 13.0. The molecule has 0 aliphatic heterocycles. The highest BCUT2D eigenvalue weighted by atomic mass is 35.5. The predicted octanol–water partition coefficient (Wildman–Crippen LogP) is 4.33. The van der Waals surface area contributed by atoms with Gasteiger partial charge in [0, 0.05) is 5.56 Å². The van der Waals surface area contributed by atoms with Crippen molar-refractivity contribution in [3.8, 4) is 11.3 Å². The summed E-state index contributed by atoms with van der Waals surface area (Å²) in [5, 5.41) is 18.7. The van der Waals surface area contributed by atoms with Gasteiger partial charge in [-0.15, -0.1) is 0 Å². The smallest absolute Gasteiger partial charge is 0.257 e. The zero-order chi connectivity index (χ0) is 19.7. The Bertz CT molecular complexity index is 998. The number of benzene rings is 2. The molecule has 3 aromatic rings. The molecule has 0 saturated heterocycles. The third kappa shape index (κ3) is 3.43. The van der Waals surface area contributed by atoms with Crippen LogP contribution in [0.15, 0.2) is 59.1 Å². The van der Waals surface area contributed by atoms with Crippen molar-refractivity contribution in [1.82, 2.24) is 10.5 Å². The SMILES string of the molecule is Cc1onc(-c2ccccc2Cl)c1C(=O)NC[C@](O)(c1ccccc1)C1CC1. The number of carbonyl (C=O) groups excluding carboxylic acids is 1. The molecule has 4 rings (SSSR count). The molecule has 6 heteroatoms. The van der Waals surface area contributed by atoms with Crippen LogP contribution in [0.3, 0.4) is 0 Å². The lowest BCUT2D eigenvalue weighted by molar-refractivity contribution is 0.0135. The van der Waals surface area contributed by atoms with Crippen LogP contribution in [-0.4, -0.2) is 22.7 Å². The molecule has 28 heavy (non-hydrogen) atoms. The van der Waals surface area contributed by atoms with Crippen molar-refractivity contribution in [2.24, 2.45) is 5.92 Å². The standard InChI is InChI=1S/C22H21ClN2O3/c1-14-19(20(25-28-14)17-9-5-6-10-18(17)23)21(26)24-13-22(27,16-11-12-16)15-7-3-2-4-8-15/h2-10,16,27H,11-13H2,1H3,(H,24,26)/t22-/m0/s1. The summed E-state index contributed by atoms with van der Waals surface area (Å²) in [5.41, 5.74) is 1.08. The second-order valence-electron chi connectivity index (χ2n) is 7.19. The minimum absolute atomic E-state index is 0.118. The zero-order valence-corrected chi connectivity index (χ0v) is 16.2. The lowest BCUT2D eigenvalue weighted by atomic mass is 9.88. The van der Waals surface area contributed by atoms with Gasteiger partial charge in [0.25, 0.3) is 5.91 Å². The number of carbonyl (C=O) groups is 1.